The zero-order chi connectivity index (χ0) is 33.2. The number of aromatic amines is 1. The largest absolute Gasteiger partial charge is 0.363 e. The first kappa shape index (κ1) is 29.4. The molecule has 0 amide bonds. The number of pyridine rings is 2. The summed E-state index contributed by atoms with van der Waals surface area (Å²) in [5.74, 6) is 0. The first-order valence-electron chi connectivity index (χ1n) is 15.7. The second kappa shape index (κ2) is 11.2. The molecule has 1 aliphatic rings. The van der Waals surface area contributed by atoms with Crippen LogP contribution in [0.15, 0.2) is 130 Å². The Morgan fingerprint density at radius 2 is 1.66 bits per heavy atom. The van der Waals surface area contributed by atoms with Gasteiger partial charge in [-0.2, -0.15) is 4.37 Å². The van der Waals surface area contributed by atoms with Gasteiger partial charge < -0.3 is 14.2 Å². The van der Waals surface area contributed by atoms with Gasteiger partial charge in [0.05, 0.1) is 28.3 Å². The third-order valence-electron chi connectivity index (χ3n) is 9.78. The molecule has 1 saturated heterocycles. The van der Waals surface area contributed by atoms with Crippen molar-refractivity contribution in [3.8, 4) is 0 Å². The number of hydrogen-bond acceptors (Lipinski definition) is 13. The van der Waals surface area contributed by atoms with Crippen molar-refractivity contribution in [1.29, 1.82) is 0 Å². The number of thiazole rings is 1. The van der Waals surface area contributed by atoms with Gasteiger partial charge >= 0.3 is 0 Å². The molecule has 50 heavy (non-hydrogen) atoms. The lowest BCUT2D eigenvalue weighted by atomic mass is 9.50. The summed E-state index contributed by atoms with van der Waals surface area (Å²) in [6.45, 7) is 0. The maximum absolute atomic E-state index is 7.95. The predicted octanol–water partition coefficient (Wildman–Crippen LogP) is 7.25. The van der Waals surface area contributed by atoms with Gasteiger partial charge in [0.1, 0.15) is 33.9 Å². The maximum Gasteiger partial charge on any atom is 0.172 e. The molecule has 8 heterocycles. The van der Waals surface area contributed by atoms with Crippen LogP contribution in [0, 0.1) is 0 Å². The molecule has 0 saturated carbocycles. The minimum atomic E-state index is -1.59. The smallest absolute Gasteiger partial charge is 0.172 e. The van der Waals surface area contributed by atoms with Gasteiger partial charge in [0.2, 0.25) is 0 Å². The van der Waals surface area contributed by atoms with Gasteiger partial charge in [0.15, 0.2) is 5.60 Å². The van der Waals surface area contributed by atoms with E-state index in [1.807, 2.05) is 95.3 Å². The third kappa shape index (κ3) is 3.75. The Hall–Kier alpha value is -5.54. The summed E-state index contributed by atoms with van der Waals surface area (Å²) in [5, 5.41) is 23.2. The van der Waals surface area contributed by atoms with E-state index >= 15 is 0 Å². The molecule has 1 aliphatic heterocycles. The second-order valence-corrected chi connectivity index (χ2v) is 14.1. The van der Waals surface area contributed by atoms with E-state index in [-0.39, 0.29) is 0 Å². The van der Waals surface area contributed by atoms with E-state index in [4.69, 9.17) is 38.8 Å². The number of ether oxygens (including phenoxy) is 1. The minimum absolute atomic E-state index is 0.437. The molecule has 7 aromatic heterocycles. The molecule has 11 nitrogen and oxygen atoms in total. The summed E-state index contributed by atoms with van der Waals surface area (Å²) in [6, 6.07) is 28.2. The van der Waals surface area contributed by atoms with Gasteiger partial charge in [-0.05, 0) is 64.8 Å². The van der Waals surface area contributed by atoms with Crippen molar-refractivity contribution in [1.82, 2.24) is 44.3 Å². The molecule has 4 atom stereocenters. The molecule has 0 bridgehead atoms. The molecule has 0 radical (unpaired) electrons. The summed E-state index contributed by atoms with van der Waals surface area (Å²) in [7, 11) is 0. The van der Waals surface area contributed by atoms with E-state index in [1.165, 1.54) is 34.4 Å². The van der Waals surface area contributed by atoms with Crippen molar-refractivity contribution in [2.75, 3.05) is 0 Å². The Kier molecular flexibility index (Phi) is 6.61. The van der Waals surface area contributed by atoms with E-state index in [1.54, 1.807) is 12.5 Å². The fraction of sp³-hybridized carbons (Fsp3) is 0.111. The van der Waals surface area contributed by atoms with Crippen molar-refractivity contribution in [3.63, 3.8) is 0 Å². The fourth-order valence-electron chi connectivity index (χ4n) is 8.00. The molecule has 1 N–H and O–H groups in total. The van der Waals surface area contributed by atoms with Crippen LogP contribution in [0.3, 0.4) is 0 Å². The van der Waals surface area contributed by atoms with E-state index in [0.29, 0.717) is 28.5 Å². The Labute approximate surface area is 296 Å². The molecule has 10 rings (SSSR count). The molecule has 0 spiro atoms. The van der Waals surface area contributed by atoms with Gasteiger partial charge in [-0.15, -0.1) is 21.5 Å². The van der Waals surface area contributed by atoms with Gasteiger partial charge in [0, 0.05) is 56.5 Å². The van der Waals surface area contributed by atoms with Crippen LogP contribution >= 0.6 is 34.4 Å². The highest BCUT2D eigenvalue weighted by Gasteiger charge is 2.82. The van der Waals surface area contributed by atoms with Crippen LogP contribution in [0.4, 0.5) is 0 Å². The first-order chi connectivity index (χ1) is 24.8. The highest BCUT2D eigenvalue weighted by molar-refractivity contribution is 7.09. The number of H-pyrrole nitrogens is 1. The highest BCUT2D eigenvalue weighted by atomic mass is 32.1. The first-order valence-corrected chi connectivity index (χ1v) is 18.2. The van der Waals surface area contributed by atoms with Crippen LogP contribution in [0.25, 0.3) is 21.7 Å². The average Bonchev–Trinajstić information content (AvgIpc) is 4.01. The number of nitrogens with one attached hydrogen (secondary N) is 1. The summed E-state index contributed by atoms with van der Waals surface area (Å²) in [4.78, 5) is 19.3. The van der Waals surface area contributed by atoms with Crippen molar-refractivity contribution >= 4 is 56.1 Å². The topological polar surface area (TPSA) is 141 Å². The van der Waals surface area contributed by atoms with Gasteiger partial charge in [-0.1, -0.05) is 53.0 Å². The Morgan fingerprint density at radius 3 is 2.44 bits per heavy atom. The Balaban J connectivity index is 1.51. The fourth-order valence-corrected chi connectivity index (χ4v) is 9.99. The Bertz CT molecular complexity index is 2480. The van der Waals surface area contributed by atoms with Crippen molar-refractivity contribution < 1.29 is 9.26 Å². The monoisotopic (exact) mass is 709 g/mol. The molecule has 2 aromatic carbocycles. The van der Waals surface area contributed by atoms with Crippen LogP contribution < -0.4 is 0 Å². The van der Waals surface area contributed by atoms with Crippen LogP contribution in [-0.2, 0) is 21.2 Å². The van der Waals surface area contributed by atoms with E-state index in [9.17, 15) is 0 Å². The van der Waals surface area contributed by atoms with E-state index in [2.05, 4.69) is 32.9 Å². The number of rotatable bonds is 7. The number of para-hydroxylation sites is 1. The third-order valence-corrected chi connectivity index (χ3v) is 11.8. The van der Waals surface area contributed by atoms with Crippen LogP contribution in [0.2, 0.25) is 0 Å². The van der Waals surface area contributed by atoms with Crippen molar-refractivity contribution in [2.45, 2.75) is 22.5 Å². The molecule has 9 aromatic rings. The highest BCUT2D eigenvalue weighted by Crippen LogP contribution is 2.74. The van der Waals surface area contributed by atoms with Crippen molar-refractivity contribution in [3.05, 3.63) is 165 Å². The number of fused-ring (bicyclic) bond motifs is 2. The number of aromatic nitrogens is 9. The quantitative estimate of drug-likeness (QED) is 0.180. The van der Waals surface area contributed by atoms with Crippen LogP contribution in [0.1, 0.15) is 45.3 Å². The second-order valence-electron chi connectivity index (χ2n) is 11.9. The summed E-state index contributed by atoms with van der Waals surface area (Å²) in [5.41, 5.74) is 0.128. The lowest BCUT2D eigenvalue weighted by molar-refractivity contribution is -0.0452. The standard InChI is InChI=1S/C36H23N9O2S3/c1-3-8-24-22(6-1)13-16-38-31(24)36(28-12-11-23-7-2-4-9-25(23)40-28)35(29-20-46-44-41-29,30-21-50-45-42-30)34(27-14-18-49-43-27,33-39-17-19-48-33)32(47-36)26-10-5-15-37-26/h1-21,32,37H. The van der Waals surface area contributed by atoms with Gasteiger partial charge in [-0.3, -0.25) is 4.98 Å². The number of hydrogen-bond donors (Lipinski definition) is 1. The molecule has 242 valence electrons. The normalized spacial score (nSPS) is 23.6. The molecule has 14 heteroatoms. The summed E-state index contributed by atoms with van der Waals surface area (Å²) < 4.78 is 23.2. The molecule has 0 aliphatic carbocycles. The maximum atomic E-state index is 7.95. The number of benzene rings is 2. The van der Waals surface area contributed by atoms with Gasteiger partial charge in [-0.25, -0.2) is 9.97 Å². The SMILES string of the molecule is c1c[nH]c(C2OC(c3ccc4ccccc4n3)(c3nccc4ccccc34)C(c3conn3)(c3csnn3)C2(c2ccsn2)c2nccs2)c1. The Morgan fingerprint density at radius 1 is 0.740 bits per heavy atom. The minimum Gasteiger partial charge on any atom is -0.363 e. The molecular weight excluding hydrogens is 687 g/mol. The summed E-state index contributed by atoms with van der Waals surface area (Å²) in [6.07, 6.45) is 6.29. The zero-order valence-corrected chi connectivity index (χ0v) is 28.3. The lowest BCUT2D eigenvalue weighted by Gasteiger charge is -2.48. The van der Waals surface area contributed by atoms with E-state index in [0.717, 1.165) is 32.4 Å². The average molecular weight is 710 g/mol. The van der Waals surface area contributed by atoms with Crippen LogP contribution in [-0.4, -0.2) is 44.3 Å². The predicted molar refractivity (Wildman–Crippen MR) is 189 cm³/mol. The molecule has 4 unspecified atom stereocenters. The van der Waals surface area contributed by atoms with Gasteiger partial charge in [0.25, 0.3) is 0 Å². The zero-order valence-electron chi connectivity index (χ0n) is 25.8. The van der Waals surface area contributed by atoms with Crippen molar-refractivity contribution in [2.24, 2.45) is 0 Å². The summed E-state index contributed by atoms with van der Waals surface area (Å²) >= 11 is 4.09. The number of nitrogens with zero attached hydrogens (tertiary/aromatic N) is 8. The lowest BCUT2D eigenvalue weighted by Crippen LogP contribution is -2.60. The molecular formula is C36H23N9O2S3. The van der Waals surface area contributed by atoms with Crippen LogP contribution in [0.5, 0.6) is 0 Å². The van der Waals surface area contributed by atoms with E-state index < -0.39 is 22.5 Å². The molecule has 1 fully saturated rings.